The number of carbonyl (C=O) groups excluding carboxylic acids is 1. The second-order valence-electron chi connectivity index (χ2n) is 5.86. The second kappa shape index (κ2) is 5.33. The minimum absolute atomic E-state index is 0.355. The van der Waals surface area contributed by atoms with Gasteiger partial charge < -0.3 is 4.90 Å². The minimum atomic E-state index is 0.355. The summed E-state index contributed by atoms with van der Waals surface area (Å²) in [6, 6.07) is 11.0. The fourth-order valence-corrected chi connectivity index (χ4v) is 2.84. The summed E-state index contributed by atoms with van der Waals surface area (Å²) in [6.45, 7) is 6.01. The van der Waals surface area contributed by atoms with E-state index in [1.54, 1.807) is 0 Å². The van der Waals surface area contributed by atoms with Crippen LogP contribution in [0.1, 0.15) is 25.3 Å². The lowest BCUT2D eigenvalue weighted by molar-refractivity contribution is -0.135. The highest BCUT2D eigenvalue weighted by Gasteiger charge is 2.36. The van der Waals surface area contributed by atoms with E-state index in [1.807, 2.05) is 0 Å². The highest BCUT2D eigenvalue weighted by atomic mass is 16.2. The molecule has 0 bridgehead atoms. The van der Waals surface area contributed by atoms with Crippen LogP contribution in [0.2, 0.25) is 0 Å². The predicted molar refractivity (Wildman–Crippen MR) is 75.6 cm³/mol. The summed E-state index contributed by atoms with van der Waals surface area (Å²) in [5.74, 6) is 0.749. The SMILES string of the molecule is CC1CN(C(=O)C2CC2)CCN1Cc1ccccc1. The Morgan fingerprint density at radius 2 is 1.95 bits per heavy atom. The summed E-state index contributed by atoms with van der Waals surface area (Å²) in [6.07, 6.45) is 2.22. The van der Waals surface area contributed by atoms with Crippen molar-refractivity contribution in [2.24, 2.45) is 5.92 Å². The van der Waals surface area contributed by atoms with Crippen LogP contribution in [0.15, 0.2) is 30.3 Å². The van der Waals surface area contributed by atoms with Crippen LogP contribution in [0.25, 0.3) is 0 Å². The van der Waals surface area contributed by atoms with E-state index in [2.05, 4.69) is 47.1 Å². The first-order valence-electron chi connectivity index (χ1n) is 7.31. The third kappa shape index (κ3) is 2.98. The monoisotopic (exact) mass is 258 g/mol. The smallest absolute Gasteiger partial charge is 0.225 e. The van der Waals surface area contributed by atoms with E-state index >= 15 is 0 Å². The van der Waals surface area contributed by atoms with Crippen LogP contribution >= 0.6 is 0 Å². The van der Waals surface area contributed by atoms with E-state index in [4.69, 9.17) is 0 Å². The standard InChI is InChI=1S/C16H22N2O/c1-13-11-18(16(19)15-7-8-15)10-9-17(13)12-14-5-3-2-4-6-14/h2-6,13,15H,7-12H2,1H3. The number of hydrogen-bond acceptors (Lipinski definition) is 2. The van der Waals surface area contributed by atoms with Crippen molar-refractivity contribution >= 4 is 5.91 Å². The van der Waals surface area contributed by atoms with Gasteiger partial charge in [0.05, 0.1) is 0 Å². The fourth-order valence-electron chi connectivity index (χ4n) is 2.84. The van der Waals surface area contributed by atoms with Crippen molar-refractivity contribution in [2.45, 2.75) is 32.4 Å². The second-order valence-corrected chi connectivity index (χ2v) is 5.86. The molecule has 1 aliphatic carbocycles. The maximum absolute atomic E-state index is 12.1. The lowest BCUT2D eigenvalue weighted by atomic mass is 10.1. The molecule has 3 rings (SSSR count). The zero-order valence-electron chi connectivity index (χ0n) is 11.6. The maximum atomic E-state index is 12.1. The number of carbonyl (C=O) groups is 1. The first-order valence-corrected chi connectivity index (χ1v) is 7.31. The van der Waals surface area contributed by atoms with E-state index in [-0.39, 0.29) is 0 Å². The van der Waals surface area contributed by atoms with E-state index < -0.39 is 0 Å². The van der Waals surface area contributed by atoms with Crippen LogP contribution in [-0.2, 0) is 11.3 Å². The molecule has 1 unspecified atom stereocenters. The molecule has 1 saturated carbocycles. The third-order valence-electron chi connectivity index (χ3n) is 4.23. The van der Waals surface area contributed by atoms with Crippen LogP contribution in [0, 0.1) is 5.92 Å². The fraction of sp³-hybridized carbons (Fsp3) is 0.562. The molecule has 3 nitrogen and oxygen atoms in total. The molecule has 2 fully saturated rings. The van der Waals surface area contributed by atoms with Crippen LogP contribution in [0.3, 0.4) is 0 Å². The van der Waals surface area contributed by atoms with Gasteiger partial charge >= 0.3 is 0 Å². The Labute approximate surface area is 115 Å². The van der Waals surface area contributed by atoms with Crippen molar-refractivity contribution in [1.82, 2.24) is 9.80 Å². The molecule has 2 aliphatic rings. The Kier molecular flexibility index (Phi) is 3.56. The molecule has 1 heterocycles. The average Bonchev–Trinajstić information content (AvgIpc) is 3.26. The molecule has 1 aromatic carbocycles. The maximum Gasteiger partial charge on any atom is 0.225 e. The highest BCUT2D eigenvalue weighted by Crippen LogP contribution is 2.31. The summed E-state index contributed by atoms with van der Waals surface area (Å²) in [5, 5.41) is 0. The number of benzene rings is 1. The normalized spacial score (nSPS) is 24.5. The number of piperazine rings is 1. The van der Waals surface area contributed by atoms with Crippen molar-refractivity contribution in [3.8, 4) is 0 Å². The van der Waals surface area contributed by atoms with Crippen LogP contribution in [0.5, 0.6) is 0 Å². The Bertz CT molecular complexity index is 441. The van der Waals surface area contributed by atoms with Crippen LogP contribution < -0.4 is 0 Å². The van der Waals surface area contributed by atoms with E-state index in [0.29, 0.717) is 17.9 Å². The molecular weight excluding hydrogens is 236 g/mol. The number of rotatable bonds is 3. The Balaban J connectivity index is 1.57. The van der Waals surface area contributed by atoms with Gasteiger partial charge in [-0.05, 0) is 25.3 Å². The van der Waals surface area contributed by atoms with Crippen LogP contribution in [0.4, 0.5) is 0 Å². The molecule has 1 aromatic rings. The van der Waals surface area contributed by atoms with Gasteiger partial charge in [0.25, 0.3) is 0 Å². The average molecular weight is 258 g/mol. The first-order chi connectivity index (χ1) is 9.24. The number of amides is 1. The van der Waals surface area contributed by atoms with Gasteiger partial charge in [-0.3, -0.25) is 9.69 Å². The Hall–Kier alpha value is -1.35. The number of hydrogen-bond donors (Lipinski definition) is 0. The lowest BCUT2D eigenvalue weighted by Crippen LogP contribution is -2.53. The van der Waals surface area contributed by atoms with Gasteiger partial charge in [0, 0.05) is 38.1 Å². The summed E-state index contributed by atoms with van der Waals surface area (Å²) in [4.78, 5) is 16.6. The molecule has 0 radical (unpaired) electrons. The van der Waals surface area contributed by atoms with Crippen molar-refractivity contribution in [2.75, 3.05) is 19.6 Å². The third-order valence-corrected chi connectivity index (χ3v) is 4.23. The Morgan fingerprint density at radius 1 is 1.21 bits per heavy atom. The van der Waals surface area contributed by atoms with Gasteiger partial charge in [0.2, 0.25) is 5.91 Å². The van der Waals surface area contributed by atoms with Gasteiger partial charge in [0.1, 0.15) is 0 Å². The van der Waals surface area contributed by atoms with Crippen molar-refractivity contribution < 1.29 is 4.79 Å². The van der Waals surface area contributed by atoms with Gasteiger partial charge in [0.15, 0.2) is 0 Å². The number of nitrogens with zero attached hydrogens (tertiary/aromatic N) is 2. The first kappa shape index (κ1) is 12.7. The van der Waals surface area contributed by atoms with E-state index in [1.165, 1.54) is 5.56 Å². The predicted octanol–water partition coefficient (Wildman–Crippen LogP) is 2.13. The lowest BCUT2D eigenvalue weighted by Gasteiger charge is -2.40. The summed E-state index contributed by atoms with van der Waals surface area (Å²) < 4.78 is 0. The molecule has 1 atom stereocenters. The zero-order chi connectivity index (χ0) is 13.2. The highest BCUT2D eigenvalue weighted by molar-refractivity contribution is 5.81. The zero-order valence-corrected chi connectivity index (χ0v) is 11.6. The van der Waals surface area contributed by atoms with E-state index in [9.17, 15) is 4.79 Å². The van der Waals surface area contributed by atoms with Crippen LogP contribution in [-0.4, -0.2) is 41.4 Å². The molecule has 0 spiro atoms. The van der Waals surface area contributed by atoms with Gasteiger partial charge in [-0.25, -0.2) is 0 Å². The quantitative estimate of drug-likeness (QED) is 0.829. The molecule has 102 valence electrons. The molecular formula is C16H22N2O. The van der Waals surface area contributed by atoms with Gasteiger partial charge in [-0.15, -0.1) is 0 Å². The summed E-state index contributed by atoms with van der Waals surface area (Å²) >= 11 is 0. The van der Waals surface area contributed by atoms with E-state index in [0.717, 1.165) is 39.0 Å². The van der Waals surface area contributed by atoms with Gasteiger partial charge in [-0.2, -0.15) is 0 Å². The molecule has 3 heteroatoms. The molecule has 0 N–H and O–H groups in total. The van der Waals surface area contributed by atoms with Crippen molar-refractivity contribution in [3.63, 3.8) is 0 Å². The van der Waals surface area contributed by atoms with Crippen molar-refractivity contribution in [1.29, 1.82) is 0 Å². The molecule has 19 heavy (non-hydrogen) atoms. The molecule has 1 aliphatic heterocycles. The summed E-state index contributed by atoms with van der Waals surface area (Å²) in [7, 11) is 0. The summed E-state index contributed by atoms with van der Waals surface area (Å²) in [5.41, 5.74) is 1.36. The molecule has 1 saturated heterocycles. The Morgan fingerprint density at radius 3 is 2.58 bits per heavy atom. The largest absolute Gasteiger partial charge is 0.340 e. The minimum Gasteiger partial charge on any atom is -0.340 e. The van der Waals surface area contributed by atoms with Gasteiger partial charge in [-0.1, -0.05) is 30.3 Å². The molecule has 1 amide bonds. The molecule has 0 aromatic heterocycles. The van der Waals surface area contributed by atoms with Crippen molar-refractivity contribution in [3.05, 3.63) is 35.9 Å². The topological polar surface area (TPSA) is 23.6 Å².